The quantitative estimate of drug-likeness (QED) is 0.0762. The van der Waals surface area contributed by atoms with Gasteiger partial charge < -0.3 is 44.9 Å². The SMILES string of the molecule is CCCOC(/C1=C2\CC(=O)C(=C3NC4(CCN(CC(C)C)CC4)N=C32)NC(=O)/C(C)=C\C=C\[C@H](C)C[C@@H](C)[C@@H](O)[C@@H](C)[C@H](OC(=O)CCCC(=O)OCC2CCCN(C)C2)[C@H](C)C/C=C/CC1=O)=C(\C)CO. The number of aliphatic hydroxyl groups excluding tert-OH is 2. The van der Waals surface area contributed by atoms with Gasteiger partial charge >= 0.3 is 11.9 Å². The van der Waals surface area contributed by atoms with Crippen LogP contribution >= 0.6 is 0 Å². The van der Waals surface area contributed by atoms with Crippen molar-refractivity contribution in [3.8, 4) is 0 Å². The number of carbonyl (C=O) groups excluding carboxylic acids is 5. The first kappa shape index (κ1) is 58.2. The maximum absolute atomic E-state index is 14.9. The van der Waals surface area contributed by atoms with Gasteiger partial charge in [-0.3, -0.25) is 29.0 Å². The number of hydrogen-bond acceptors (Lipinski definition) is 14. The molecule has 7 atom stereocenters. The second-order valence-corrected chi connectivity index (χ2v) is 21.9. The van der Waals surface area contributed by atoms with E-state index < -0.39 is 42.3 Å². The molecule has 0 aromatic rings. The van der Waals surface area contributed by atoms with E-state index in [1.807, 2.05) is 52.8 Å². The van der Waals surface area contributed by atoms with Crippen LogP contribution in [0.4, 0.5) is 0 Å². The number of carbonyl (C=O) groups is 5. The van der Waals surface area contributed by atoms with E-state index in [2.05, 4.69) is 41.3 Å². The highest BCUT2D eigenvalue weighted by Crippen LogP contribution is 2.40. The Morgan fingerprint density at radius 1 is 0.972 bits per heavy atom. The highest BCUT2D eigenvalue weighted by atomic mass is 16.5. The van der Waals surface area contributed by atoms with Crippen molar-refractivity contribution in [2.75, 3.05) is 59.6 Å². The van der Waals surface area contributed by atoms with E-state index in [9.17, 15) is 34.2 Å². The van der Waals surface area contributed by atoms with E-state index in [-0.39, 0.29) is 91.0 Å². The number of esters is 2. The molecule has 2 bridgehead atoms. The normalized spacial score (nSPS) is 30.4. The average Bonchev–Trinajstić information content (AvgIpc) is 3.71. The summed E-state index contributed by atoms with van der Waals surface area (Å²) in [6.45, 7) is 22.2. The molecule has 0 aromatic heterocycles. The zero-order valence-corrected chi connectivity index (χ0v) is 45.1. The van der Waals surface area contributed by atoms with Crippen LogP contribution in [0.25, 0.3) is 0 Å². The summed E-state index contributed by atoms with van der Waals surface area (Å²) in [6.07, 6.45) is 12.7. The zero-order valence-electron chi connectivity index (χ0n) is 45.1. The minimum Gasteiger partial charge on any atom is -0.493 e. The Kier molecular flexibility index (Phi) is 22.3. The van der Waals surface area contributed by atoms with Gasteiger partial charge in [0.15, 0.2) is 11.6 Å². The Bertz CT molecular complexity index is 2160. The van der Waals surface area contributed by atoms with Crippen molar-refractivity contribution in [2.45, 2.75) is 157 Å². The second-order valence-electron chi connectivity index (χ2n) is 21.9. The smallest absolute Gasteiger partial charge is 0.306 e. The van der Waals surface area contributed by atoms with Crippen LogP contribution in [0.15, 0.2) is 74.8 Å². The molecule has 0 radical (unpaired) electrons. The van der Waals surface area contributed by atoms with Crippen LogP contribution in [0.1, 0.15) is 139 Å². The Hall–Kier alpha value is -4.70. The van der Waals surface area contributed by atoms with Crippen molar-refractivity contribution in [3.05, 3.63) is 69.8 Å². The number of amides is 1. The zero-order chi connectivity index (χ0) is 52.7. The van der Waals surface area contributed by atoms with E-state index >= 15 is 0 Å². The molecule has 4 N–H and O–H groups in total. The predicted octanol–water partition coefficient (Wildman–Crippen LogP) is 7.45. The third-order valence-electron chi connectivity index (χ3n) is 14.8. The van der Waals surface area contributed by atoms with Crippen molar-refractivity contribution in [3.63, 3.8) is 0 Å². The van der Waals surface area contributed by atoms with E-state index in [1.54, 1.807) is 26.0 Å². The average molecular weight is 1000 g/mol. The van der Waals surface area contributed by atoms with E-state index in [0.29, 0.717) is 78.7 Å². The number of piperidine rings is 2. The van der Waals surface area contributed by atoms with Crippen LogP contribution in [0, 0.1) is 35.5 Å². The molecule has 72 heavy (non-hydrogen) atoms. The number of ether oxygens (including phenoxy) is 3. The summed E-state index contributed by atoms with van der Waals surface area (Å²) in [6, 6.07) is 0. The molecule has 5 rings (SSSR count). The largest absolute Gasteiger partial charge is 0.493 e. The molecule has 1 aliphatic carbocycles. The lowest BCUT2D eigenvalue weighted by molar-refractivity contribution is -0.159. The number of rotatable bonds is 14. The highest BCUT2D eigenvalue weighted by Gasteiger charge is 2.46. The lowest BCUT2D eigenvalue weighted by Gasteiger charge is -2.38. The van der Waals surface area contributed by atoms with Crippen molar-refractivity contribution in [1.82, 2.24) is 20.4 Å². The minimum absolute atomic E-state index is 0.0109. The predicted molar refractivity (Wildman–Crippen MR) is 280 cm³/mol. The summed E-state index contributed by atoms with van der Waals surface area (Å²) in [5.74, 6) is -1.93. The first-order valence-corrected chi connectivity index (χ1v) is 26.9. The van der Waals surface area contributed by atoms with Gasteiger partial charge in [0.2, 0.25) is 0 Å². The fourth-order valence-electron chi connectivity index (χ4n) is 10.7. The number of aliphatic imine (C=N–C) groups is 1. The number of likely N-dealkylation sites (tertiary alicyclic amines) is 2. The molecule has 15 heteroatoms. The lowest BCUT2D eigenvalue weighted by Crippen LogP contribution is -2.50. The summed E-state index contributed by atoms with van der Waals surface area (Å²) >= 11 is 0. The van der Waals surface area contributed by atoms with Gasteiger partial charge in [0.05, 0.1) is 42.9 Å². The van der Waals surface area contributed by atoms with Crippen LogP contribution in [0.5, 0.6) is 0 Å². The summed E-state index contributed by atoms with van der Waals surface area (Å²) in [7, 11) is 2.07. The van der Waals surface area contributed by atoms with Crippen LogP contribution in [0.2, 0.25) is 0 Å². The highest BCUT2D eigenvalue weighted by molar-refractivity contribution is 6.27. The van der Waals surface area contributed by atoms with Crippen molar-refractivity contribution in [2.24, 2.45) is 40.5 Å². The van der Waals surface area contributed by atoms with Crippen molar-refractivity contribution < 1.29 is 48.4 Å². The van der Waals surface area contributed by atoms with Crippen molar-refractivity contribution >= 4 is 35.1 Å². The number of fused-ring (bicyclic) bond motifs is 5. The topological polar surface area (TPSA) is 196 Å². The number of hydrogen-bond donors (Lipinski definition) is 4. The van der Waals surface area contributed by atoms with Crippen LogP contribution in [-0.2, 0) is 38.2 Å². The Balaban J connectivity index is 1.49. The van der Waals surface area contributed by atoms with Crippen LogP contribution in [-0.4, -0.2) is 133 Å². The Labute approximate surface area is 429 Å². The standard InChI is InChI=1S/C57H87N5O10/c1-11-29-70-55(41(8)34-63)49-44-31-46(65)51(52-50(44)59-57(60-52)24-27-62(28-25-57)32-36(2)3)58-56(69)39(6)19-14-17-37(4)30-40(7)53(68)42(9)54(38(5)18-12-13-21-45(49)64)72-48(67)23-15-22-47(66)71-35-43-20-16-26-61(10)33-43/h12-14,17,19,36-38,40,42-43,53-54,60,63,68H,11,15-16,18,20-35H2,1-10H3,(H,58,69)/b13-12+,17-14+,39-19-,49-44+,55-41+/t37-,38+,40+,42+,43?,53+,54+/m0/s1. The van der Waals surface area contributed by atoms with Crippen molar-refractivity contribution in [1.29, 1.82) is 0 Å². The summed E-state index contributed by atoms with van der Waals surface area (Å²) < 4.78 is 18.1. The third kappa shape index (κ3) is 16.1. The summed E-state index contributed by atoms with van der Waals surface area (Å²) in [5.41, 5.74) is 1.46. The van der Waals surface area contributed by atoms with Gasteiger partial charge in [-0.15, -0.1) is 0 Å². The van der Waals surface area contributed by atoms with Gasteiger partial charge in [-0.05, 0) is 95.2 Å². The third-order valence-corrected chi connectivity index (χ3v) is 14.8. The minimum atomic E-state index is -0.840. The summed E-state index contributed by atoms with van der Waals surface area (Å²) in [4.78, 5) is 79.6. The number of Topliss-reactive ketones (excluding diaryl/α,β-unsaturated/α-hetero) is 2. The molecule has 1 unspecified atom stereocenters. The van der Waals surface area contributed by atoms with Gasteiger partial charge in [-0.1, -0.05) is 78.8 Å². The number of allylic oxidation sites excluding steroid dienone is 8. The van der Waals surface area contributed by atoms with Crippen LogP contribution < -0.4 is 10.6 Å². The van der Waals surface area contributed by atoms with E-state index in [4.69, 9.17) is 19.2 Å². The number of nitrogens with zero attached hydrogens (tertiary/aromatic N) is 3. The molecular weight excluding hydrogens is 915 g/mol. The monoisotopic (exact) mass is 1000 g/mol. The van der Waals surface area contributed by atoms with Gasteiger partial charge in [0.1, 0.15) is 23.2 Å². The molecule has 4 heterocycles. The van der Waals surface area contributed by atoms with Gasteiger partial charge in [0.25, 0.3) is 5.91 Å². The first-order valence-electron chi connectivity index (χ1n) is 26.9. The molecule has 2 fully saturated rings. The van der Waals surface area contributed by atoms with Gasteiger partial charge in [-0.2, -0.15) is 0 Å². The molecule has 5 aliphatic rings. The molecule has 400 valence electrons. The maximum Gasteiger partial charge on any atom is 0.306 e. The van der Waals surface area contributed by atoms with Gasteiger partial charge in [-0.25, -0.2) is 0 Å². The Morgan fingerprint density at radius 3 is 2.38 bits per heavy atom. The molecule has 1 amide bonds. The number of nitrogens with one attached hydrogen (secondary N) is 2. The maximum atomic E-state index is 14.9. The Morgan fingerprint density at radius 2 is 1.69 bits per heavy atom. The summed E-state index contributed by atoms with van der Waals surface area (Å²) in [5, 5.41) is 28.9. The fourth-order valence-corrected chi connectivity index (χ4v) is 10.7. The molecule has 0 saturated carbocycles. The van der Waals surface area contributed by atoms with E-state index in [1.165, 1.54) is 0 Å². The fraction of sp³-hybridized carbons (Fsp3) is 0.684. The molecule has 4 aliphatic heterocycles. The lowest BCUT2D eigenvalue weighted by atomic mass is 9.80. The second kappa shape index (κ2) is 27.5. The van der Waals surface area contributed by atoms with Gasteiger partial charge in [0, 0.05) is 87.7 Å². The first-order chi connectivity index (χ1) is 34.3. The number of ketones is 2. The number of aliphatic hydroxyl groups is 2. The molecule has 15 nitrogen and oxygen atoms in total. The molecule has 0 aromatic carbocycles. The van der Waals surface area contributed by atoms with Crippen LogP contribution in [0.3, 0.4) is 0 Å². The molecule has 1 spiro atoms. The molecule has 2 saturated heterocycles. The molecular formula is C57H87N5O10. The van der Waals surface area contributed by atoms with E-state index in [0.717, 1.165) is 45.6 Å².